The van der Waals surface area contributed by atoms with Gasteiger partial charge < -0.3 is 9.84 Å². The maximum atomic E-state index is 12.6. The molecule has 0 spiro atoms. The molecule has 0 bridgehead atoms. The predicted molar refractivity (Wildman–Crippen MR) is 63.1 cm³/mol. The van der Waals surface area contributed by atoms with E-state index in [2.05, 4.69) is 0 Å². The highest BCUT2D eigenvalue weighted by Crippen LogP contribution is 2.31. The van der Waals surface area contributed by atoms with Crippen molar-refractivity contribution in [2.45, 2.75) is 26.7 Å². The first kappa shape index (κ1) is 14.4. The molecule has 1 rings (SSSR count). The topological polar surface area (TPSA) is 46.5 Å². The maximum absolute atomic E-state index is 12.6. The second kappa shape index (κ2) is 5.33. The van der Waals surface area contributed by atoms with Crippen LogP contribution in [0.4, 0.5) is 8.78 Å². The zero-order valence-corrected chi connectivity index (χ0v) is 10.5. The minimum Gasteiger partial charge on any atom is -0.496 e. The Kier molecular flexibility index (Phi) is 4.27. The van der Waals surface area contributed by atoms with Crippen molar-refractivity contribution in [3.8, 4) is 5.75 Å². The third-order valence-electron chi connectivity index (χ3n) is 2.77. The van der Waals surface area contributed by atoms with E-state index in [9.17, 15) is 13.6 Å². The van der Waals surface area contributed by atoms with Crippen LogP contribution in [-0.2, 0) is 11.2 Å². The van der Waals surface area contributed by atoms with E-state index in [1.807, 2.05) is 0 Å². The average Bonchev–Trinajstić information content (AvgIpc) is 2.28. The van der Waals surface area contributed by atoms with Gasteiger partial charge in [0.15, 0.2) is 0 Å². The lowest BCUT2D eigenvalue weighted by atomic mass is 9.85. The molecule has 3 nitrogen and oxygen atoms in total. The fraction of sp³-hybridized carbons (Fsp3) is 0.462. The van der Waals surface area contributed by atoms with E-state index in [1.54, 1.807) is 13.8 Å². The number of hydrogen-bond acceptors (Lipinski definition) is 2. The molecular weight excluding hydrogens is 242 g/mol. The van der Waals surface area contributed by atoms with Crippen molar-refractivity contribution in [1.29, 1.82) is 0 Å². The van der Waals surface area contributed by atoms with Gasteiger partial charge in [-0.25, -0.2) is 8.78 Å². The van der Waals surface area contributed by atoms with Crippen LogP contribution in [0.2, 0.25) is 0 Å². The highest BCUT2D eigenvalue weighted by Gasteiger charge is 2.29. The summed E-state index contributed by atoms with van der Waals surface area (Å²) in [5, 5.41) is 9.06. The average molecular weight is 258 g/mol. The van der Waals surface area contributed by atoms with Gasteiger partial charge in [0, 0.05) is 5.56 Å². The summed E-state index contributed by atoms with van der Waals surface area (Å²) in [6.07, 6.45) is -2.45. The van der Waals surface area contributed by atoms with Gasteiger partial charge >= 0.3 is 5.97 Å². The second-order valence-corrected chi connectivity index (χ2v) is 4.74. The van der Waals surface area contributed by atoms with E-state index in [-0.39, 0.29) is 12.0 Å². The summed E-state index contributed by atoms with van der Waals surface area (Å²) < 4.78 is 30.3. The fourth-order valence-electron chi connectivity index (χ4n) is 1.62. The minimum atomic E-state index is -2.58. The molecule has 0 saturated carbocycles. The summed E-state index contributed by atoms with van der Waals surface area (Å²) in [5.74, 6) is -0.555. The third-order valence-corrected chi connectivity index (χ3v) is 2.77. The fourth-order valence-corrected chi connectivity index (χ4v) is 1.62. The van der Waals surface area contributed by atoms with Gasteiger partial charge in [0.25, 0.3) is 6.43 Å². The number of carboxylic acids is 1. The second-order valence-electron chi connectivity index (χ2n) is 4.74. The van der Waals surface area contributed by atoms with E-state index in [1.165, 1.54) is 25.3 Å². The molecule has 0 atom stereocenters. The summed E-state index contributed by atoms with van der Waals surface area (Å²) in [7, 11) is 1.43. The lowest BCUT2D eigenvalue weighted by molar-refractivity contribution is -0.146. The normalized spacial score (nSPS) is 11.7. The molecule has 18 heavy (non-hydrogen) atoms. The highest BCUT2D eigenvalue weighted by atomic mass is 19.3. The number of carboxylic acid groups (broad SMARTS) is 1. The van der Waals surface area contributed by atoms with Crippen LogP contribution in [-0.4, -0.2) is 18.2 Å². The van der Waals surface area contributed by atoms with Crippen LogP contribution >= 0.6 is 0 Å². The smallest absolute Gasteiger partial charge is 0.309 e. The zero-order chi connectivity index (χ0) is 13.9. The molecule has 0 saturated heterocycles. The summed E-state index contributed by atoms with van der Waals surface area (Å²) >= 11 is 0. The monoisotopic (exact) mass is 258 g/mol. The first-order valence-corrected chi connectivity index (χ1v) is 5.46. The summed E-state index contributed by atoms with van der Waals surface area (Å²) in [4.78, 5) is 11.1. The van der Waals surface area contributed by atoms with Crippen LogP contribution < -0.4 is 4.74 Å². The van der Waals surface area contributed by atoms with Gasteiger partial charge in [-0.1, -0.05) is 0 Å². The number of aliphatic carboxylic acids is 1. The van der Waals surface area contributed by atoms with Crippen LogP contribution in [0.3, 0.4) is 0 Å². The molecule has 1 aromatic rings. The Labute approximate surface area is 104 Å². The van der Waals surface area contributed by atoms with Gasteiger partial charge in [-0.2, -0.15) is 0 Å². The van der Waals surface area contributed by atoms with Crippen LogP contribution in [0, 0.1) is 5.41 Å². The standard InChI is InChI=1S/C13H16F2O3/c1-13(2,12(16)17)7-9-6-8(11(14)15)4-5-10(9)18-3/h4-6,11H,7H2,1-3H3,(H,16,17). The molecule has 0 amide bonds. The molecule has 1 N–H and O–H groups in total. The minimum absolute atomic E-state index is 0.131. The number of carbonyl (C=O) groups is 1. The molecule has 0 heterocycles. The number of methoxy groups -OCH3 is 1. The Morgan fingerprint density at radius 1 is 1.44 bits per heavy atom. The van der Waals surface area contributed by atoms with Crippen molar-refractivity contribution < 1.29 is 23.4 Å². The van der Waals surface area contributed by atoms with Crippen LogP contribution in [0.25, 0.3) is 0 Å². The highest BCUT2D eigenvalue weighted by molar-refractivity contribution is 5.74. The van der Waals surface area contributed by atoms with Crippen molar-refractivity contribution in [1.82, 2.24) is 0 Å². The van der Waals surface area contributed by atoms with E-state index >= 15 is 0 Å². The van der Waals surface area contributed by atoms with Crippen molar-refractivity contribution in [2.75, 3.05) is 7.11 Å². The SMILES string of the molecule is COc1ccc(C(F)F)cc1CC(C)(C)C(=O)O. The maximum Gasteiger partial charge on any atom is 0.309 e. The quantitative estimate of drug-likeness (QED) is 0.881. The van der Waals surface area contributed by atoms with Gasteiger partial charge in [-0.05, 0) is 44.0 Å². The van der Waals surface area contributed by atoms with Gasteiger partial charge in [0.05, 0.1) is 12.5 Å². The number of ether oxygens (including phenoxy) is 1. The molecular formula is C13H16F2O3. The Hall–Kier alpha value is -1.65. The lowest BCUT2D eigenvalue weighted by Crippen LogP contribution is -2.26. The molecule has 0 radical (unpaired) electrons. The Bertz CT molecular complexity index is 442. The van der Waals surface area contributed by atoms with Crippen molar-refractivity contribution >= 4 is 5.97 Å². The summed E-state index contributed by atoms with van der Waals surface area (Å²) in [5.41, 5.74) is -0.691. The van der Waals surface area contributed by atoms with Gasteiger partial charge in [0.2, 0.25) is 0 Å². The Morgan fingerprint density at radius 2 is 2.06 bits per heavy atom. The lowest BCUT2D eigenvalue weighted by Gasteiger charge is -2.21. The number of rotatable bonds is 5. The largest absolute Gasteiger partial charge is 0.496 e. The van der Waals surface area contributed by atoms with E-state index in [0.29, 0.717) is 11.3 Å². The van der Waals surface area contributed by atoms with E-state index in [4.69, 9.17) is 9.84 Å². The number of hydrogen-bond donors (Lipinski definition) is 1. The van der Waals surface area contributed by atoms with Gasteiger partial charge in [0.1, 0.15) is 5.75 Å². The first-order chi connectivity index (χ1) is 8.27. The van der Waals surface area contributed by atoms with Crippen molar-refractivity contribution in [3.63, 3.8) is 0 Å². The Balaban J connectivity index is 3.13. The van der Waals surface area contributed by atoms with E-state index < -0.39 is 17.8 Å². The summed E-state index contributed by atoms with van der Waals surface area (Å²) in [6.45, 7) is 3.09. The van der Waals surface area contributed by atoms with Gasteiger partial charge in [-0.3, -0.25) is 4.79 Å². The van der Waals surface area contributed by atoms with Crippen LogP contribution in [0.15, 0.2) is 18.2 Å². The summed E-state index contributed by atoms with van der Waals surface area (Å²) in [6, 6.07) is 4.02. The first-order valence-electron chi connectivity index (χ1n) is 5.46. The molecule has 0 unspecified atom stereocenters. The van der Waals surface area contributed by atoms with Crippen molar-refractivity contribution in [3.05, 3.63) is 29.3 Å². The van der Waals surface area contributed by atoms with Crippen LogP contribution in [0.1, 0.15) is 31.4 Å². The number of benzene rings is 1. The Morgan fingerprint density at radius 3 is 2.50 bits per heavy atom. The molecule has 1 aromatic carbocycles. The zero-order valence-electron chi connectivity index (χ0n) is 10.5. The molecule has 100 valence electrons. The van der Waals surface area contributed by atoms with E-state index in [0.717, 1.165) is 0 Å². The molecule has 5 heteroatoms. The molecule has 0 aliphatic heterocycles. The third kappa shape index (κ3) is 3.18. The molecule has 0 aromatic heterocycles. The molecule has 0 aliphatic carbocycles. The molecule has 0 fully saturated rings. The predicted octanol–water partition coefficient (Wildman–Crippen LogP) is 3.29. The van der Waals surface area contributed by atoms with Crippen LogP contribution in [0.5, 0.6) is 5.75 Å². The number of alkyl halides is 2. The number of halogens is 2. The molecule has 0 aliphatic rings. The van der Waals surface area contributed by atoms with Crippen molar-refractivity contribution in [2.24, 2.45) is 5.41 Å². The van der Waals surface area contributed by atoms with Gasteiger partial charge in [-0.15, -0.1) is 0 Å².